The first-order valence-corrected chi connectivity index (χ1v) is 7.09. The van der Waals surface area contributed by atoms with Gasteiger partial charge in [-0.2, -0.15) is 10.5 Å². The quantitative estimate of drug-likeness (QED) is 0.868. The van der Waals surface area contributed by atoms with Crippen LogP contribution in [0.4, 0.5) is 5.69 Å². The smallest absolute Gasteiger partial charge is 0.241 e. The first-order chi connectivity index (χ1) is 10.2. The zero-order valence-corrected chi connectivity index (χ0v) is 12.0. The first-order valence-electron chi connectivity index (χ1n) is 7.09. The topological polar surface area (TPSA) is 79.9 Å². The Balaban J connectivity index is 2.00. The summed E-state index contributed by atoms with van der Waals surface area (Å²) in [5.41, 5.74) is 1.14. The molecule has 1 aromatic carbocycles. The molecule has 1 amide bonds. The van der Waals surface area contributed by atoms with E-state index in [-0.39, 0.29) is 11.9 Å². The molecule has 1 aliphatic carbocycles. The minimum Gasteiger partial charge on any atom is -0.325 e. The van der Waals surface area contributed by atoms with Gasteiger partial charge in [0, 0.05) is 24.7 Å². The van der Waals surface area contributed by atoms with Gasteiger partial charge in [0.05, 0.1) is 23.7 Å². The van der Waals surface area contributed by atoms with Crippen LogP contribution in [-0.2, 0) is 4.79 Å². The molecule has 2 rings (SSSR count). The number of carbonyl (C=O) groups is 1. The van der Waals surface area contributed by atoms with E-state index < -0.39 is 0 Å². The number of nitrogens with zero attached hydrogens (tertiary/aromatic N) is 3. The number of anilines is 1. The fourth-order valence-electron chi connectivity index (χ4n) is 2.34. The van der Waals surface area contributed by atoms with Crippen molar-refractivity contribution in [3.8, 4) is 12.1 Å². The van der Waals surface area contributed by atoms with Crippen molar-refractivity contribution in [1.29, 1.82) is 10.5 Å². The van der Waals surface area contributed by atoms with Crippen molar-refractivity contribution in [1.82, 2.24) is 4.90 Å². The van der Waals surface area contributed by atoms with Crippen molar-refractivity contribution in [3.05, 3.63) is 29.8 Å². The highest BCUT2D eigenvalue weighted by atomic mass is 16.2. The van der Waals surface area contributed by atoms with E-state index in [0.717, 1.165) is 12.8 Å². The molecule has 0 spiro atoms. The second-order valence-corrected chi connectivity index (χ2v) is 5.23. The molecule has 1 aliphatic rings. The van der Waals surface area contributed by atoms with Gasteiger partial charge in [0.1, 0.15) is 0 Å². The number of hydrogen-bond donors (Lipinski definition) is 1. The van der Waals surface area contributed by atoms with Crippen LogP contribution in [0.2, 0.25) is 0 Å². The van der Waals surface area contributed by atoms with Crippen LogP contribution in [0.1, 0.15) is 31.7 Å². The summed E-state index contributed by atoms with van der Waals surface area (Å²) < 4.78 is 0. The Bertz CT molecular complexity index is 595. The van der Waals surface area contributed by atoms with Crippen LogP contribution >= 0.6 is 0 Å². The van der Waals surface area contributed by atoms with Gasteiger partial charge in [0.15, 0.2) is 0 Å². The summed E-state index contributed by atoms with van der Waals surface area (Å²) in [6.07, 6.45) is 2.61. The molecule has 1 atom stereocenters. The number of nitriles is 2. The normalized spacial score (nSPS) is 15.0. The molecule has 0 aliphatic heterocycles. The minimum atomic E-state index is -0.281. The summed E-state index contributed by atoms with van der Waals surface area (Å²) in [6, 6.07) is 11.2. The maximum atomic E-state index is 12.3. The fraction of sp³-hybridized carbons (Fsp3) is 0.438. The molecule has 1 N–H and O–H groups in total. The van der Waals surface area contributed by atoms with Crippen molar-refractivity contribution >= 4 is 11.6 Å². The monoisotopic (exact) mass is 282 g/mol. The molecular weight excluding hydrogens is 264 g/mol. The summed E-state index contributed by atoms with van der Waals surface area (Å²) in [5, 5.41) is 20.4. The number of rotatable bonds is 6. The van der Waals surface area contributed by atoms with Crippen LogP contribution in [-0.4, -0.2) is 29.4 Å². The Hall–Kier alpha value is -2.37. The zero-order chi connectivity index (χ0) is 15.2. The third-order valence-corrected chi connectivity index (χ3v) is 3.63. The molecule has 0 radical (unpaired) electrons. The molecule has 5 heteroatoms. The van der Waals surface area contributed by atoms with Gasteiger partial charge in [-0.1, -0.05) is 6.07 Å². The summed E-state index contributed by atoms with van der Waals surface area (Å²) in [7, 11) is 0. The molecule has 0 heterocycles. The van der Waals surface area contributed by atoms with Crippen LogP contribution < -0.4 is 5.32 Å². The van der Waals surface area contributed by atoms with Crippen molar-refractivity contribution in [3.63, 3.8) is 0 Å². The third kappa shape index (κ3) is 4.05. The van der Waals surface area contributed by atoms with Crippen molar-refractivity contribution in [2.75, 3.05) is 11.9 Å². The molecule has 1 aromatic rings. The lowest BCUT2D eigenvalue weighted by molar-refractivity contribution is -0.121. The van der Waals surface area contributed by atoms with Crippen molar-refractivity contribution in [2.45, 2.75) is 38.3 Å². The Morgan fingerprint density at radius 1 is 1.48 bits per heavy atom. The highest BCUT2D eigenvalue weighted by Gasteiger charge is 2.34. The maximum absolute atomic E-state index is 12.3. The summed E-state index contributed by atoms with van der Waals surface area (Å²) >= 11 is 0. The van der Waals surface area contributed by atoms with E-state index >= 15 is 0 Å². The predicted octanol–water partition coefficient (Wildman–Crippen LogP) is 2.26. The van der Waals surface area contributed by atoms with Gasteiger partial charge in [0.25, 0.3) is 0 Å². The second-order valence-electron chi connectivity index (χ2n) is 5.23. The van der Waals surface area contributed by atoms with E-state index in [1.54, 1.807) is 24.3 Å². The van der Waals surface area contributed by atoms with E-state index in [1.165, 1.54) is 0 Å². The molecule has 1 saturated carbocycles. The van der Waals surface area contributed by atoms with Gasteiger partial charge >= 0.3 is 0 Å². The van der Waals surface area contributed by atoms with Gasteiger partial charge in [-0.3, -0.25) is 9.69 Å². The zero-order valence-electron chi connectivity index (χ0n) is 12.0. The molecule has 21 heavy (non-hydrogen) atoms. The molecule has 1 unspecified atom stereocenters. The van der Waals surface area contributed by atoms with E-state index in [1.807, 2.05) is 6.92 Å². The standard InChI is InChI=1S/C16H18N4O/c1-12(20(9-3-8-17)15-6-7-15)16(21)19-14-5-2-4-13(10-14)11-18/h2,4-5,10,12,15H,3,6-7,9H2,1H3,(H,19,21). The summed E-state index contributed by atoms with van der Waals surface area (Å²) in [4.78, 5) is 14.4. The van der Waals surface area contributed by atoms with Gasteiger partial charge in [-0.05, 0) is 38.0 Å². The predicted molar refractivity (Wildman–Crippen MR) is 79.2 cm³/mol. The van der Waals surface area contributed by atoms with E-state index in [2.05, 4.69) is 22.4 Å². The minimum absolute atomic E-state index is 0.102. The Morgan fingerprint density at radius 3 is 2.86 bits per heavy atom. The summed E-state index contributed by atoms with van der Waals surface area (Å²) in [5.74, 6) is -0.102. The lowest BCUT2D eigenvalue weighted by atomic mass is 10.2. The van der Waals surface area contributed by atoms with Crippen molar-refractivity contribution < 1.29 is 4.79 Å². The van der Waals surface area contributed by atoms with Crippen LogP contribution in [0.3, 0.4) is 0 Å². The maximum Gasteiger partial charge on any atom is 0.241 e. The fourth-order valence-corrected chi connectivity index (χ4v) is 2.34. The molecule has 108 valence electrons. The molecule has 0 saturated heterocycles. The van der Waals surface area contributed by atoms with Gasteiger partial charge < -0.3 is 5.32 Å². The molecule has 5 nitrogen and oxygen atoms in total. The third-order valence-electron chi connectivity index (χ3n) is 3.63. The Morgan fingerprint density at radius 2 is 2.24 bits per heavy atom. The van der Waals surface area contributed by atoms with Crippen molar-refractivity contribution in [2.24, 2.45) is 0 Å². The summed E-state index contributed by atoms with van der Waals surface area (Å²) in [6.45, 7) is 2.48. The largest absolute Gasteiger partial charge is 0.325 e. The molecular formula is C16H18N4O. The highest BCUT2D eigenvalue weighted by molar-refractivity contribution is 5.94. The molecule has 1 fully saturated rings. The lowest BCUT2D eigenvalue weighted by Gasteiger charge is -2.27. The Labute approximate surface area is 124 Å². The average molecular weight is 282 g/mol. The van der Waals surface area contributed by atoms with Crippen LogP contribution in [0.5, 0.6) is 0 Å². The second kappa shape index (κ2) is 6.88. The lowest BCUT2D eigenvalue weighted by Crippen LogP contribution is -2.43. The van der Waals surface area contributed by atoms with Crippen LogP contribution in [0.15, 0.2) is 24.3 Å². The van der Waals surface area contributed by atoms with Gasteiger partial charge in [-0.15, -0.1) is 0 Å². The first kappa shape index (κ1) is 15.0. The number of amides is 1. The van der Waals surface area contributed by atoms with Gasteiger partial charge in [0.2, 0.25) is 5.91 Å². The Kier molecular flexibility index (Phi) is 4.92. The SMILES string of the molecule is CC(C(=O)Nc1cccc(C#N)c1)N(CCC#N)C1CC1. The number of carbonyl (C=O) groups excluding carboxylic acids is 1. The number of nitrogens with one attached hydrogen (secondary N) is 1. The average Bonchev–Trinajstić information content (AvgIpc) is 3.32. The molecule has 0 bridgehead atoms. The van der Waals surface area contributed by atoms with Crippen LogP contribution in [0, 0.1) is 22.7 Å². The van der Waals surface area contributed by atoms with Gasteiger partial charge in [-0.25, -0.2) is 0 Å². The van der Waals surface area contributed by atoms with Crippen LogP contribution in [0.25, 0.3) is 0 Å². The highest BCUT2D eigenvalue weighted by Crippen LogP contribution is 2.29. The number of benzene rings is 1. The number of hydrogen-bond acceptors (Lipinski definition) is 4. The van der Waals surface area contributed by atoms with E-state index in [0.29, 0.717) is 30.3 Å². The van der Waals surface area contributed by atoms with E-state index in [4.69, 9.17) is 10.5 Å². The van der Waals surface area contributed by atoms with E-state index in [9.17, 15) is 4.79 Å². The molecule has 0 aromatic heterocycles.